The van der Waals surface area contributed by atoms with Gasteiger partial charge in [-0.15, -0.1) is 5.10 Å². The lowest BCUT2D eigenvalue weighted by Gasteiger charge is -2.35. The number of nitrogens with zero attached hydrogens (tertiary/aromatic N) is 5. The summed E-state index contributed by atoms with van der Waals surface area (Å²) in [5, 5.41) is 4.57. The molecule has 4 rings (SSSR count). The van der Waals surface area contributed by atoms with Crippen molar-refractivity contribution in [1.82, 2.24) is 19.5 Å². The van der Waals surface area contributed by atoms with Crippen molar-refractivity contribution in [1.29, 1.82) is 0 Å². The predicted molar refractivity (Wildman–Crippen MR) is 96.2 cm³/mol. The molecular formula is C18H25N5O3. The van der Waals surface area contributed by atoms with E-state index in [2.05, 4.69) is 15.0 Å². The van der Waals surface area contributed by atoms with E-state index in [9.17, 15) is 4.79 Å². The molecule has 8 heteroatoms. The van der Waals surface area contributed by atoms with E-state index in [0.717, 1.165) is 44.0 Å². The Morgan fingerprint density at radius 1 is 1.23 bits per heavy atom. The third-order valence-corrected chi connectivity index (χ3v) is 5.00. The quantitative estimate of drug-likeness (QED) is 0.792. The standard InChI is InChI=1S/C18H25N5O3/c24-18(14-25-13-15-3-1-2-12-26-15)22-10-8-21(9-11-22)17-5-4-16-19-6-7-23(16)20-17/h4-7,15H,1-3,8-14H2/t15-/m0/s1. The first kappa shape index (κ1) is 17.2. The van der Waals surface area contributed by atoms with Crippen LogP contribution in [-0.4, -0.2) is 77.5 Å². The Balaban J connectivity index is 1.23. The van der Waals surface area contributed by atoms with Crippen LogP contribution in [0.3, 0.4) is 0 Å². The number of hydrogen-bond acceptors (Lipinski definition) is 6. The average molecular weight is 359 g/mol. The number of piperazine rings is 1. The Kier molecular flexibility index (Phi) is 5.31. The summed E-state index contributed by atoms with van der Waals surface area (Å²) in [6, 6.07) is 3.94. The number of ether oxygens (including phenoxy) is 2. The molecule has 0 aromatic carbocycles. The van der Waals surface area contributed by atoms with E-state index >= 15 is 0 Å². The van der Waals surface area contributed by atoms with Crippen LogP contribution >= 0.6 is 0 Å². The molecule has 2 aromatic heterocycles. The molecule has 0 spiro atoms. The minimum Gasteiger partial charge on any atom is -0.376 e. The van der Waals surface area contributed by atoms with Crippen molar-refractivity contribution in [3.63, 3.8) is 0 Å². The zero-order valence-electron chi connectivity index (χ0n) is 14.9. The largest absolute Gasteiger partial charge is 0.376 e. The van der Waals surface area contributed by atoms with Gasteiger partial charge in [0.2, 0.25) is 5.91 Å². The maximum atomic E-state index is 12.3. The van der Waals surface area contributed by atoms with Crippen molar-refractivity contribution in [3.05, 3.63) is 24.5 Å². The van der Waals surface area contributed by atoms with Crippen LogP contribution in [0.2, 0.25) is 0 Å². The van der Waals surface area contributed by atoms with Crippen molar-refractivity contribution in [2.45, 2.75) is 25.4 Å². The van der Waals surface area contributed by atoms with E-state index in [1.54, 1.807) is 10.7 Å². The Morgan fingerprint density at radius 3 is 2.92 bits per heavy atom. The summed E-state index contributed by atoms with van der Waals surface area (Å²) in [6.07, 6.45) is 7.07. The number of carbonyl (C=O) groups excluding carboxylic acids is 1. The number of aromatic nitrogens is 3. The van der Waals surface area contributed by atoms with Crippen molar-refractivity contribution in [2.24, 2.45) is 0 Å². The molecule has 0 radical (unpaired) electrons. The highest BCUT2D eigenvalue weighted by molar-refractivity contribution is 5.77. The van der Waals surface area contributed by atoms with E-state index in [-0.39, 0.29) is 18.6 Å². The maximum Gasteiger partial charge on any atom is 0.248 e. The Hall–Kier alpha value is -2.19. The van der Waals surface area contributed by atoms with Crippen LogP contribution in [0.5, 0.6) is 0 Å². The van der Waals surface area contributed by atoms with Crippen molar-refractivity contribution in [2.75, 3.05) is 50.9 Å². The van der Waals surface area contributed by atoms with Crippen LogP contribution in [0.1, 0.15) is 19.3 Å². The van der Waals surface area contributed by atoms with E-state index < -0.39 is 0 Å². The Labute approximate surface area is 152 Å². The smallest absolute Gasteiger partial charge is 0.248 e. The van der Waals surface area contributed by atoms with Gasteiger partial charge in [0.15, 0.2) is 5.65 Å². The highest BCUT2D eigenvalue weighted by atomic mass is 16.5. The average Bonchev–Trinajstić information content (AvgIpc) is 3.17. The molecule has 0 unspecified atom stereocenters. The number of rotatable bonds is 5. The van der Waals surface area contributed by atoms with Crippen LogP contribution in [0.4, 0.5) is 5.82 Å². The second-order valence-electron chi connectivity index (χ2n) is 6.79. The number of amides is 1. The second-order valence-corrected chi connectivity index (χ2v) is 6.79. The van der Waals surface area contributed by atoms with Gasteiger partial charge >= 0.3 is 0 Å². The predicted octanol–water partition coefficient (Wildman–Crippen LogP) is 0.964. The zero-order chi connectivity index (χ0) is 17.8. The lowest BCUT2D eigenvalue weighted by atomic mass is 10.1. The molecule has 2 aliphatic rings. The minimum atomic E-state index is 0.0541. The molecule has 0 bridgehead atoms. The van der Waals surface area contributed by atoms with Gasteiger partial charge in [0.25, 0.3) is 0 Å². The van der Waals surface area contributed by atoms with Crippen LogP contribution in [0.25, 0.3) is 5.65 Å². The fourth-order valence-electron chi connectivity index (χ4n) is 3.47. The lowest BCUT2D eigenvalue weighted by molar-refractivity contribution is -0.138. The zero-order valence-corrected chi connectivity index (χ0v) is 14.9. The molecule has 0 aliphatic carbocycles. The SMILES string of the molecule is O=C(COC[C@@H]1CCCCO1)N1CCN(c2ccc3nccn3n2)CC1. The first-order chi connectivity index (χ1) is 12.8. The maximum absolute atomic E-state index is 12.3. The van der Waals surface area contributed by atoms with Gasteiger partial charge in [-0.25, -0.2) is 9.50 Å². The van der Waals surface area contributed by atoms with E-state index in [0.29, 0.717) is 19.7 Å². The van der Waals surface area contributed by atoms with E-state index in [1.165, 1.54) is 6.42 Å². The van der Waals surface area contributed by atoms with E-state index in [1.807, 2.05) is 23.2 Å². The molecule has 140 valence electrons. The highest BCUT2D eigenvalue weighted by Crippen LogP contribution is 2.15. The Bertz CT molecular complexity index is 735. The van der Waals surface area contributed by atoms with Gasteiger partial charge in [0.1, 0.15) is 12.4 Å². The van der Waals surface area contributed by atoms with Gasteiger partial charge in [0.05, 0.1) is 12.7 Å². The second kappa shape index (κ2) is 8.01. The highest BCUT2D eigenvalue weighted by Gasteiger charge is 2.23. The van der Waals surface area contributed by atoms with Crippen LogP contribution in [-0.2, 0) is 14.3 Å². The van der Waals surface area contributed by atoms with Crippen molar-refractivity contribution >= 4 is 17.4 Å². The summed E-state index contributed by atoms with van der Waals surface area (Å²) in [5.74, 6) is 0.965. The molecule has 0 N–H and O–H groups in total. The van der Waals surface area contributed by atoms with Crippen LogP contribution < -0.4 is 4.90 Å². The summed E-state index contributed by atoms with van der Waals surface area (Å²) >= 11 is 0. The Morgan fingerprint density at radius 2 is 2.12 bits per heavy atom. The number of imidazole rings is 1. The first-order valence-corrected chi connectivity index (χ1v) is 9.32. The van der Waals surface area contributed by atoms with Gasteiger partial charge in [-0.1, -0.05) is 0 Å². The van der Waals surface area contributed by atoms with Crippen LogP contribution in [0.15, 0.2) is 24.5 Å². The monoisotopic (exact) mass is 359 g/mol. The van der Waals surface area contributed by atoms with Crippen molar-refractivity contribution in [3.8, 4) is 0 Å². The first-order valence-electron chi connectivity index (χ1n) is 9.32. The van der Waals surface area contributed by atoms with Gasteiger partial charge in [-0.3, -0.25) is 4.79 Å². The molecule has 26 heavy (non-hydrogen) atoms. The molecule has 2 fully saturated rings. The molecule has 2 saturated heterocycles. The van der Waals surface area contributed by atoms with Crippen LogP contribution in [0, 0.1) is 0 Å². The fourth-order valence-corrected chi connectivity index (χ4v) is 3.47. The molecule has 8 nitrogen and oxygen atoms in total. The van der Waals surface area contributed by atoms with Gasteiger partial charge in [-0.2, -0.15) is 0 Å². The third kappa shape index (κ3) is 3.96. The summed E-state index contributed by atoms with van der Waals surface area (Å²) in [6.45, 7) is 4.37. The molecule has 2 aromatic rings. The molecule has 4 heterocycles. The normalized spacial score (nSPS) is 21.3. The fraction of sp³-hybridized carbons (Fsp3) is 0.611. The summed E-state index contributed by atoms with van der Waals surface area (Å²) in [4.78, 5) is 20.6. The van der Waals surface area contributed by atoms with Gasteiger partial charge in [-0.05, 0) is 31.4 Å². The van der Waals surface area contributed by atoms with Gasteiger partial charge < -0.3 is 19.3 Å². The van der Waals surface area contributed by atoms with Crippen molar-refractivity contribution < 1.29 is 14.3 Å². The number of hydrogen-bond donors (Lipinski definition) is 0. The molecule has 1 atom stereocenters. The molecule has 1 amide bonds. The lowest BCUT2D eigenvalue weighted by Crippen LogP contribution is -2.50. The summed E-state index contributed by atoms with van der Waals surface area (Å²) < 4.78 is 13.0. The van der Waals surface area contributed by atoms with E-state index in [4.69, 9.17) is 9.47 Å². The number of anilines is 1. The third-order valence-electron chi connectivity index (χ3n) is 5.00. The minimum absolute atomic E-state index is 0.0541. The summed E-state index contributed by atoms with van der Waals surface area (Å²) in [5.41, 5.74) is 0.835. The molecule has 2 aliphatic heterocycles. The van der Waals surface area contributed by atoms with Gasteiger partial charge in [0, 0.05) is 45.2 Å². The molecule has 0 saturated carbocycles. The number of carbonyl (C=O) groups is 1. The molecular weight excluding hydrogens is 334 g/mol. The topological polar surface area (TPSA) is 72.2 Å². The number of fused-ring (bicyclic) bond motifs is 1. The summed E-state index contributed by atoms with van der Waals surface area (Å²) in [7, 11) is 0.